The first-order valence-electron chi connectivity index (χ1n) is 15.0. The Balaban J connectivity index is 1.68. The number of benzene rings is 3. The zero-order chi connectivity index (χ0) is 33.8. The van der Waals surface area contributed by atoms with Crippen LogP contribution in [0.3, 0.4) is 0 Å². The fraction of sp³-hybridized carbons (Fsp3) is 0.361. The van der Waals surface area contributed by atoms with E-state index in [1.165, 1.54) is 24.1 Å². The highest BCUT2D eigenvalue weighted by molar-refractivity contribution is 5.90. The Morgan fingerprint density at radius 1 is 0.935 bits per heavy atom. The Morgan fingerprint density at radius 3 is 1.96 bits per heavy atom. The molecule has 1 unspecified atom stereocenters. The van der Waals surface area contributed by atoms with Crippen LogP contribution in [0, 0.1) is 5.41 Å². The number of likely N-dealkylation sites (N-methyl/N-ethyl adjacent to an activating group) is 1. The topological polar surface area (TPSA) is 87.2 Å². The van der Waals surface area contributed by atoms with Crippen LogP contribution in [0.25, 0.3) is 11.1 Å². The van der Waals surface area contributed by atoms with Gasteiger partial charge in [-0.25, -0.2) is 9.59 Å². The summed E-state index contributed by atoms with van der Waals surface area (Å²) in [6.07, 6.45) is -3.66. The summed E-state index contributed by atoms with van der Waals surface area (Å²) in [6, 6.07) is 17.5. The van der Waals surface area contributed by atoms with Crippen molar-refractivity contribution in [2.75, 3.05) is 20.2 Å². The Labute approximate surface area is 267 Å². The van der Waals surface area contributed by atoms with E-state index in [0.717, 1.165) is 39.3 Å². The van der Waals surface area contributed by atoms with Crippen LogP contribution in [0.4, 0.5) is 18.0 Å². The standard InChI is InChI=1S/C36H39F3N2O5/c1-6-7-20-41(34(45)46-22-29-27-14-10-8-12-25(27)26-13-9-11-15-28(26)29)30(21-23-16-18-24(19-17-23)36(37,38)39)32(42)40(5)31(33(43)44)35(2,3)4/h6,8-19,29-31H,1,7,20-22H2,2-5H3,(H,43,44)/t30-,31?/m0/s1. The third-order valence-electron chi connectivity index (χ3n) is 8.31. The minimum atomic E-state index is -4.55. The summed E-state index contributed by atoms with van der Waals surface area (Å²) in [6.45, 7) is 8.77. The Morgan fingerprint density at radius 2 is 1.48 bits per heavy atom. The molecule has 1 aliphatic carbocycles. The number of fused-ring (bicyclic) bond motifs is 3. The quantitative estimate of drug-likeness (QED) is 0.222. The second-order valence-electron chi connectivity index (χ2n) is 12.5. The maximum atomic E-state index is 14.2. The second-order valence-corrected chi connectivity index (χ2v) is 12.5. The highest BCUT2D eigenvalue weighted by atomic mass is 19.4. The zero-order valence-electron chi connectivity index (χ0n) is 26.4. The van der Waals surface area contributed by atoms with Crippen LogP contribution in [0.15, 0.2) is 85.5 Å². The monoisotopic (exact) mass is 636 g/mol. The molecule has 46 heavy (non-hydrogen) atoms. The van der Waals surface area contributed by atoms with Crippen molar-refractivity contribution >= 4 is 18.0 Å². The first kappa shape index (κ1) is 34.3. The van der Waals surface area contributed by atoms with Gasteiger partial charge in [0.2, 0.25) is 5.91 Å². The molecule has 0 spiro atoms. The predicted molar refractivity (Wildman–Crippen MR) is 169 cm³/mol. The van der Waals surface area contributed by atoms with Gasteiger partial charge in [-0.1, -0.05) is 87.5 Å². The SMILES string of the molecule is C=CCCN(C(=O)OCC1c2ccccc2-c2ccccc21)[C@@H](Cc1ccc(C(F)(F)F)cc1)C(=O)N(C)C(C(=O)O)C(C)(C)C. The van der Waals surface area contributed by atoms with E-state index in [0.29, 0.717) is 5.56 Å². The van der Waals surface area contributed by atoms with E-state index >= 15 is 0 Å². The van der Waals surface area contributed by atoms with E-state index in [2.05, 4.69) is 6.58 Å². The molecule has 1 N–H and O–H groups in total. The second kappa shape index (κ2) is 13.8. The number of carboxylic acids is 1. The van der Waals surface area contributed by atoms with Crippen LogP contribution in [0.1, 0.15) is 55.4 Å². The van der Waals surface area contributed by atoms with Crippen molar-refractivity contribution in [1.29, 1.82) is 0 Å². The number of ether oxygens (including phenoxy) is 1. The number of hydrogen-bond donors (Lipinski definition) is 1. The molecular weight excluding hydrogens is 597 g/mol. The van der Waals surface area contributed by atoms with Gasteiger partial charge in [-0.05, 0) is 51.8 Å². The normalized spacial score (nSPS) is 14.1. The van der Waals surface area contributed by atoms with Gasteiger partial charge in [0.25, 0.3) is 0 Å². The number of rotatable bonds is 11. The molecule has 0 bridgehead atoms. The summed E-state index contributed by atoms with van der Waals surface area (Å²) in [7, 11) is 1.36. The molecule has 4 rings (SSSR count). The van der Waals surface area contributed by atoms with Gasteiger partial charge in [0.1, 0.15) is 18.7 Å². The average molecular weight is 637 g/mol. The third kappa shape index (κ3) is 7.43. The van der Waals surface area contributed by atoms with Crippen LogP contribution >= 0.6 is 0 Å². The van der Waals surface area contributed by atoms with Gasteiger partial charge in [-0.2, -0.15) is 13.2 Å². The molecule has 0 fully saturated rings. The molecule has 1 aliphatic rings. The predicted octanol–water partition coefficient (Wildman–Crippen LogP) is 7.40. The lowest BCUT2D eigenvalue weighted by Crippen LogP contribution is -2.57. The lowest BCUT2D eigenvalue weighted by molar-refractivity contribution is -0.155. The summed E-state index contributed by atoms with van der Waals surface area (Å²) in [5.41, 5.74) is 2.72. The molecule has 0 aliphatic heterocycles. The molecular formula is C36H39F3N2O5. The minimum absolute atomic E-state index is 0.0122. The van der Waals surface area contributed by atoms with Crippen molar-refractivity contribution < 1.29 is 37.4 Å². The van der Waals surface area contributed by atoms with Crippen LogP contribution in [0.5, 0.6) is 0 Å². The summed E-state index contributed by atoms with van der Waals surface area (Å²) >= 11 is 0. The summed E-state index contributed by atoms with van der Waals surface area (Å²) in [5.74, 6) is -2.16. The fourth-order valence-electron chi connectivity index (χ4n) is 6.14. The summed E-state index contributed by atoms with van der Waals surface area (Å²) in [4.78, 5) is 42.7. The van der Waals surface area contributed by atoms with Gasteiger partial charge in [-0.15, -0.1) is 6.58 Å². The van der Waals surface area contributed by atoms with Crippen molar-refractivity contribution in [3.63, 3.8) is 0 Å². The number of amides is 2. The van der Waals surface area contributed by atoms with Crippen molar-refractivity contribution in [3.05, 3.63) is 108 Å². The van der Waals surface area contributed by atoms with Crippen molar-refractivity contribution in [3.8, 4) is 11.1 Å². The number of carboxylic acid groups (broad SMARTS) is 1. The van der Waals surface area contributed by atoms with Crippen molar-refractivity contribution in [1.82, 2.24) is 9.80 Å². The van der Waals surface area contributed by atoms with Gasteiger partial charge in [-0.3, -0.25) is 9.69 Å². The Hall–Kier alpha value is -4.60. The molecule has 0 radical (unpaired) electrons. The molecule has 0 saturated heterocycles. The molecule has 0 heterocycles. The lowest BCUT2D eigenvalue weighted by Gasteiger charge is -2.39. The number of nitrogens with zero attached hydrogens (tertiary/aromatic N) is 2. The summed E-state index contributed by atoms with van der Waals surface area (Å²) in [5, 5.41) is 10.0. The molecule has 2 amide bonds. The number of halogens is 3. The van der Waals surface area contributed by atoms with E-state index in [9.17, 15) is 32.7 Å². The molecule has 3 aromatic rings. The van der Waals surface area contributed by atoms with Crippen molar-refractivity contribution in [2.45, 2.75) is 57.8 Å². The van der Waals surface area contributed by atoms with Crippen LogP contribution in [0.2, 0.25) is 0 Å². The number of carbonyl (C=O) groups is 3. The zero-order valence-corrected chi connectivity index (χ0v) is 26.4. The van der Waals surface area contributed by atoms with Gasteiger partial charge < -0.3 is 14.7 Å². The molecule has 244 valence electrons. The molecule has 2 atom stereocenters. The molecule has 3 aromatic carbocycles. The van der Waals surface area contributed by atoms with E-state index in [1.807, 2.05) is 48.5 Å². The molecule has 7 nitrogen and oxygen atoms in total. The van der Waals surface area contributed by atoms with Gasteiger partial charge in [0.05, 0.1) is 5.56 Å². The first-order chi connectivity index (χ1) is 21.6. The minimum Gasteiger partial charge on any atom is -0.480 e. The smallest absolute Gasteiger partial charge is 0.416 e. The highest BCUT2D eigenvalue weighted by Gasteiger charge is 2.42. The summed E-state index contributed by atoms with van der Waals surface area (Å²) < 4.78 is 45.7. The highest BCUT2D eigenvalue weighted by Crippen LogP contribution is 2.44. The number of hydrogen-bond acceptors (Lipinski definition) is 4. The number of aliphatic carboxylic acids is 1. The maximum Gasteiger partial charge on any atom is 0.416 e. The van der Waals surface area contributed by atoms with E-state index in [1.54, 1.807) is 26.8 Å². The van der Waals surface area contributed by atoms with E-state index in [-0.39, 0.29) is 31.9 Å². The van der Waals surface area contributed by atoms with Crippen LogP contribution < -0.4 is 0 Å². The first-order valence-corrected chi connectivity index (χ1v) is 15.0. The van der Waals surface area contributed by atoms with E-state index in [4.69, 9.17) is 4.74 Å². The van der Waals surface area contributed by atoms with Gasteiger partial charge in [0, 0.05) is 25.9 Å². The fourth-order valence-corrected chi connectivity index (χ4v) is 6.14. The Kier molecular flexibility index (Phi) is 10.3. The van der Waals surface area contributed by atoms with Crippen LogP contribution in [-0.2, 0) is 26.9 Å². The van der Waals surface area contributed by atoms with Gasteiger partial charge in [0.15, 0.2) is 0 Å². The maximum absolute atomic E-state index is 14.2. The van der Waals surface area contributed by atoms with Gasteiger partial charge >= 0.3 is 18.2 Å². The number of alkyl halides is 3. The molecule has 10 heteroatoms. The van der Waals surface area contributed by atoms with E-state index < -0.39 is 47.2 Å². The van der Waals surface area contributed by atoms with Crippen LogP contribution in [-0.4, -0.2) is 65.2 Å². The largest absolute Gasteiger partial charge is 0.480 e. The number of carbonyl (C=O) groups excluding carboxylic acids is 2. The lowest BCUT2D eigenvalue weighted by atomic mass is 9.85. The Bertz CT molecular complexity index is 1530. The molecule has 0 aromatic heterocycles. The van der Waals surface area contributed by atoms with Crippen molar-refractivity contribution in [2.24, 2.45) is 5.41 Å². The molecule has 0 saturated carbocycles. The average Bonchev–Trinajstić information content (AvgIpc) is 3.31. The third-order valence-corrected chi connectivity index (χ3v) is 8.31.